The number of likely N-dealkylation sites (N-methyl/N-ethyl adjacent to an activating group) is 1. The summed E-state index contributed by atoms with van der Waals surface area (Å²) in [6.07, 6.45) is 1.16. The summed E-state index contributed by atoms with van der Waals surface area (Å²) in [5, 5.41) is 19.2. The molecule has 0 amide bonds. The first-order chi connectivity index (χ1) is 7.29. The van der Waals surface area contributed by atoms with Crippen molar-refractivity contribution in [3.05, 3.63) is 23.9 Å². The minimum absolute atomic E-state index is 0.489. The first-order valence-corrected chi connectivity index (χ1v) is 5.37. The molecule has 16 heavy (non-hydrogen) atoms. The molecule has 0 aliphatic rings. The maximum absolute atomic E-state index is 9.71. The summed E-state index contributed by atoms with van der Waals surface area (Å²) in [5.41, 5.74) is 0.0599. The molecule has 0 spiro atoms. The van der Waals surface area contributed by atoms with Crippen LogP contribution in [0.1, 0.15) is 32.4 Å². The van der Waals surface area contributed by atoms with Crippen LogP contribution in [0.3, 0.4) is 0 Å². The highest BCUT2D eigenvalue weighted by molar-refractivity contribution is 5.41. The number of hydrogen-bond acceptors (Lipinski definition) is 4. The van der Waals surface area contributed by atoms with Crippen LogP contribution in [-0.2, 0) is 0 Å². The van der Waals surface area contributed by atoms with Crippen molar-refractivity contribution in [2.24, 2.45) is 0 Å². The van der Waals surface area contributed by atoms with Gasteiger partial charge < -0.3 is 15.1 Å². The highest BCUT2D eigenvalue weighted by atomic mass is 16.3. The highest BCUT2D eigenvalue weighted by Crippen LogP contribution is 2.18. The van der Waals surface area contributed by atoms with Gasteiger partial charge in [0.1, 0.15) is 5.82 Å². The Morgan fingerprint density at radius 3 is 2.62 bits per heavy atom. The number of aromatic nitrogens is 1. The Bertz CT molecular complexity index is 345. The summed E-state index contributed by atoms with van der Waals surface area (Å²) in [6.45, 7) is 5.71. The normalized spacial score (nSPS) is 13.6. The third-order valence-corrected chi connectivity index (χ3v) is 2.27. The molecule has 0 bridgehead atoms. The second-order valence-corrected chi connectivity index (χ2v) is 4.79. The Balaban J connectivity index is 2.83. The quantitative estimate of drug-likeness (QED) is 0.810. The summed E-state index contributed by atoms with van der Waals surface area (Å²) in [4.78, 5) is 6.08. The zero-order valence-corrected chi connectivity index (χ0v) is 10.3. The third kappa shape index (κ3) is 3.79. The monoisotopic (exact) mass is 224 g/mol. The summed E-state index contributed by atoms with van der Waals surface area (Å²) in [6, 6.07) is 3.61. The lowest BCUT2D eigenvalue weighted by atomic mass is 10.1. The number of aliphatic hydroxyl groups is 2. The predicted molar refractivity (Wildman–Crippen MR) is 64.4 cm³/mol. The molecule has 0 aromatic carbocycles. The van der Waals surface area contributed by atoms with Crippen molar-refractivity contribution in [3.8, 4) is 0 Å². The molecule has 4 heteroatoms. The molecular weight excluding hydrogens is 204 g/mol. The molecule has 0 unspecified atom stereocenters. The van der Waals surface area contributed by atoms with Crippen molar-refractivity contribution in [1.29, 1.82) is 0 Å². The standard InChI is InChI=1S/C12H20N2O2/c1-9(15)10-5-6-13-11(7-10)14(4)8-12(2,3)16/h5-7,9,15-16H,8H2,1-4H3/t9-/m0/s1. The lowest BCUT2D eigenvalue weighted by molar-refractivity contribution is 0.0884. The van der Waals surface area contributed by atoms with Crippen molar-refractivity contribution in [2.45, 2.75) is 32.5 Å². The topological polar surface area (TPSA) is 56.6 Å². The van der Waals surface area contributed by atoms with E-state index < -0.39 is 11.7 Å². The van der Waals surface area contributed by atoms with Gasteiger partial charge in [0.25, 0.3) is 0 Å². The lowest BCUT2D eigenvalue weighted by Gasteiger charge is -2.26. The second kappa shape index (κ2) is 4.80. The Hall–Kier alpha value is -1.13. The van der Waals surface area contributed by atoms with Crippen molar-refractivity contribution < 1.29 is 10.2 Å². The lowest BCUT2D eigenvalue weighted by Crippen LogP contribution is -2.36. The van der Waals surface area contributed by atoms with E-state index in [0.717, 1.165) is 11.4 Å². The predicted octanol–water partition coefficient (Wildman–Crippen LogP) is 1.34. The molecular formula is C12H20N2O2. The van der Waals surface area contributed by atoms with E-state index >= 15 is 0 Å². The van der Waals surface area contributed by atoms with Gasteiger partial charge in [-0.15, -0.1) is 0 Å². The number of anilines is 1. The first-order valence-electron chi connectivity index (χ1n) is 5.37. The van der Waals surface area contributed by atoms with Gasteiger partial charge in [0, 0.05) is 19.8 Å². The minimum atomic E-state index is -0.767. The Morgan fingerprint density at radius 2 is 2.12 bits per heavy atom. The maximum Gasteiger partial charge on any atom is 0.128 e. The maximum atomic E-state index is 9.71. The Labute approximate surface area is 96.6 Å². The number of hydrogen-bond donors (Lipinski definition) is 2. The highest BCUT2D eigenvalue weighted by Gasteiger charge is 2.17. The SMILES string of the molecule is C[C@H](O)c1ccnc(N(C)CC(C)(C)O)c1. The average Bonchev–Trinajstić information content (AvgIpc) is 2.15. The second-order valence-electron chi connectivity index (χ2n) is 4.79. The molecule has 0 radical (unpaired) electrons. The summed E-state index contributed by atoms with van der Waals surface area (Å²) in [7, 11) is 1.87. The molecule has 1 atom stereocenters. The number of rotatable bonds is 4. The minimum Gasteiger partial charge on any atom is -0.389 e. The van der Waals surface area contributed by atoms with Crippen molar-refractivity contribution in [3.63, 3.8) is 0 Å². The Morgan fingerprint density at radius 1 is 1.50 bits per heavy atom. The van der Waals surface area contributed by atoms with Gasteiger partial charge in [-0.2, -0.15) is 0 Å². The molecule has 0 aliphatic heterocycles. The van der Waals surface area contributed by atoms with Crippen LogP contribution in [0, 0.1) is 0 Å². The molecule has 90 valence electrons. The van der Waals surface area contributed by atoms with E-state index in [1.807, 2.05) is 18.0 Å². The third-order valence-electron chi connectivity index (χ3n) is 2.27. The van der Waals surface area contributed by atoms with Gasteiger partial charge >= 0.3 is 0 Å². The smallest absolute Gasteiger partial charge is 0.128 e. The number of pyridine rings is 1. The van der Waals surface area contributed by atoms with Gasteiger partial charge in [0.15, 0.2) is 0 Å². The molecule has 4 nitrogen and oxygen atoms in total. The van der Waals surface area contributed by atoms with Crippen LogP contribution >= 0.6 is 0 Å². The van der Waals surface area contributed by atoms with Crippen LogP contribution in [0.15, 0.2) is 18.3 Å². The Kier molecular flexibility index (Phi) is 3.88. The van der Waals surface area contributed by atoms with Gasteiger partial charge in [-0.1, -0.05) is 0 Å². The van der Waals surface area contributed by atoms with E-state index in [9.17, 15) is 10.2 Å². The van der Waals surface area contributed by atoms with Crippen molar-refractivity contribution >= 4 is 5.82 Å². The molecule has 2 N–H and O–H groups in total. The molecule has 0 saturated carbocycles. The van der Waals surface area contributed by atoms with Crippen LogP contribution in [0.2, 0.25) is 0 Å². The van der Waals surface area contributed by atoms with Crippen LogP contribution in [0.4, 0.5) is 5.82 Å². The fourth-order valence-corrected chi connectivity index (χ4v) is 1.56. The number of aliphatic hydroxyl groups excluding tert-OH is 1. The zero-order chi connectivity index (χ0) is 12.3. The molecule has 0 aliphatic carbocycles. The summed E-state index contributed by atoms with van der Waals surface area (Å²) in [5.74, 6) is 0.750. The van der Waals surface area contributed by atoms with Gasteiger partial charge in [-0.05, 0) is 38.5 Å². The van der Waals surface area contributed by atoms with Crippen molar-refractivity contribution in [1.82, 2.24) is 4.98 Å². The van der Waals surface area contributed by atoms with E-state index in [4.69, 9.17) is 0 Å². The van der Waals surface area contributed by atoms with Gasteiger partial charge in [0.2, 0.25) is 0 Å². The molecule has 1 aromatic heterocycles. The molecule has 1 aromatic rings. The fraction of sp³-hybridized carbons (Fsp3) is 0.583. The van der Waals surface area contributed by atoms with E-state index in [1.165, 1.54) is 0 Å². The number of nitrogens with zero attached hydrogens (tertiary/aromatic N) is 2. The van der Waals surface area contributed by atoms with Gasteiger partial charge in [0.05, 0.1) is 11.7 Å². The van der Waals surface area contributed by atoms with Crippen LogP contribution in [0.25, 0.3) is 0 Å². The van der Waals surface area contributed by atoms with Crippen molar-refractivity contribution in [2.75, 3.05) is 18.5 Å². The van der Waals surface area contributed by atoms with Gasteiger partial charge in [-0.25, -0.2) is 4.98 Å². The van der Waals surface area contributed by atoms with Crippen LogP contribution < -0.4 is 4.90 Å². The summed E-state index contributed by atoms with van der Waals surface area (Å²) < 4.78 is 0. The summed E-state index contributed by atoms with van der Waals surface area (Å²) >= 11 is 0. The first kappa shape index (κ1) is 12.9. The molecule has 0 fully saturated rings. The fourth-order valence-electron chi connectivity index (χ4n) is 1.56. The van der Waals surface area contributed by atoms with E-state index in [1.54, 1.807) is 33.0 Å². The molecule has 1 heterocycles. The van der Waals surface area contributed by atoms with E-state index in [2.05, 4.69) is 4.98 Å². The molecule has 0 saturated heterocycles. The van der Waals surface area contributed by atoms with Gasteiger partial charge in [-0.3, -0.25) is 0 Å². The van der Waals surface area contributed by atoms with E-state index in [-0.39, 0.29) is 0 Å². The van der Waals surface area contributed by atoms with Crippen LogP contribution in [0.5, 0.6) is 0 Å². The van der Waals surface area contributed by atoms with Crippen LogP contribution in [-0.4, -0.2) is 34.4 Å². The largest absolute Gasteiger partial charge is 0.389 e. The van der Waals surface area contributed by atoms with E-state index in [0.29, 0.717) is 6.54 Å². The molecule has 1 rings (SSSR count). The zero-order valence-electron chi connectivity index (χ0n) is 10.3. The average molecular weight is 224 g/mol.